The van der Waals surface area contributed by atoms with E-state index in [1.165, 1.54) is 12.1 Å². The second-order valence-corrected chi connectivity index (χ2v) is 4.96. The van der Waals surface area contributed by atoms with Crippen LogP contribution < -0.4 is 15.4 Å². The molecule has 120 valence electrons. The van der Waals surface area contributed by atoms with Crippen LogP contribution in [0.5, 0.6) is 5.75 Å². The molecular weight excluding hydrogens is 296 g/mol. The van der Waals surface area contributed by atoms with E-state index in [0.29, 0.717) is 12.3 Å². The second-order valence-electron chi connectivity index (χ2n) is 4.96. The topological polar surface area (TPSA) is 87.7 Å². The third kappa shape index (κ3) is 5.35. The molecule has 3 N–H and O–H groups in total. The minimum absolute atomic E-state index is 0.0623. The van der Waals surface area contributed by atoms with Gasteiger partial charge in [0.05, 0.1) is 5.56 Å². The summed E-state index contributed by atoms with van der Waals surface area (Å²) in [5, 5.41) is 14.1. The average Bonchev–Trinajstić information content (AvgIpc) is 2.55. The zero-order valence-corrected chi connectivity index (χ0v) is 12.7. The minimum Gasteiger partial charge on any atom is -0.478 e. The van der Waals surface area contributed by atoms with Crippen LogP contribution in [0.1, 0.15) is 21.5 Å². The standard InChI is InChI=1S/C17H18N2O4/c1-12-2-8-15(9-3-12)23-11-19-17(22)18-10-13-4-6-14(7-5-13)16(20)21/h2-9H,10-11H2,1H3,(H,20,21)(H2,18,19,22). The van der Waals surface area contributed by atoms with Gasteiger partial charge in [0.1, 0.15) is 5.75 Å². The zero-order valence-electron chi connectivity index (χ0n) is 12.7. The highest BCUT2D eigenvalue weighted by atomic mass is 16.5. The van der Waals surface area contributed by atoms with Crippen LogP contribution in [0.4, 0.5) is 4.79 Å². The number of ether oxygens (including phenoxy) is 1. The summed E-state index contributed by atoms with van der Waals surface area (Å²) in [6, 6.07) is 13.5. The van der Waals surface area contributed by atoms with Crippen LogP contribution in [0, 0.1) is 6.92 Å². The van der Waals surface area contributed by atoms with Crippen molar-refractivity contribution < 1.29 is 19.4 Å². The highest BCUT2D eigenvalue weighted by Crippen LogP contribution is 2.10. The highest BCUT2D eigenvalue weighted by molar-refractivity contribution is 5.87. The lowest BCUT2D eigenvalue weighted by Gasteiger charge is -2.09. The first-order chi connectivity index (χ1) is 11.0. The summed E-state index contributed by atoms with van der Waals surface area (Å²) >= 11 is 0. The van der Waals surface area contributed by atoms with Crippen molar-refractivity contribution in [2.75, 3.05) is 6.73 Å². The number of hydrogen-bond donors (Lipinski definition) is 3. The fourth-order valence-corrected chi connectivity index (χ4v) is 1.83. The van der Waals surface area contributed by atoms with Gasteiger partial charge in [-0.1, -0.05) is 29.8 Å². The molecule has 0 spiro atoms. The maximum Gasteiger partial charge on any atom is 0.335 e. The summed E-state index contributed by atoms with van der Waals surface area (Å²) in [6.07, 6.45) is 0. The lowest BCUT2D eigenvalue weighted by Crippen LogP contribution is -2.37. The Balaban J connectivity index is 1.70. The summed E-state index contributed by atoms with van der Waals surface area (Å²) in [7, 11) is 0. The van der Waals surface area contributed by atoms with E-state index in [-0.39, 0.29) is 18.3 Å². The number of amides is 2. The van der Waals surface area contributed by atoms with Gasteiger partial charge in [0.2, 0.25) is 0 Å². The van der Waals surface area contributed by atoms with Crippen molar-refractivity contribution in [1.82, 2.24) is 10.6 Å². The molecule has 2 aromatic rings. The van der Waals surface area contributed by atoms with E-state index < -0.39 is 5.97 Å². The fraction of sp³-hybridized carbons (Fsp3) is 0.176. The quantitative estimate of drug-likeness (QED) is 0.715. The Bertz CT molecular complexity index is 666. The smallest absolute Gasteiger partial charge is 0.335 e. The first-order valence-corrected chi connectivity index (χ1v) is 7.08. The predicted octanol–water partition coefficient (Wildman–Crippen LogP) is 2.53. The summed E-state index contributed by atoms with van der Waals surface area (Å²) in [6.45, 7) is 2.35. The molecule has 0 aliphatic heterocycles. The molecule has 0 saturated carbocycles. The number of carboxylic acid groups (broad SMARTS) is 1. The van der Waals surface area contributed by atoms with Crippen molar-refractivity contribution >= 4 is 12.0 Å². The van der Waals surface area contributed by atoms with Crippen molar-refractivity contribution in [2.24, 2.45) is 0 Å². The molecule has 2 amide bonds. The number of carboxylic acids is 1. The Hall–Kier alpha value is -3.02. The van der Waals surface area contributed by atoms with E-state index in [1.54, 1.807) is 12.1 Å². The van der Waals surface area contributed by atoms with Gasteiger partial charge in [0.25, 0.3) is 0 Å². The van der Waals surface area contributed by atoms with Gasteiger partial charge in [0.15, 0.2) is 6.73 Å². The van der Waals surface area contributed by atoms with Gasteiger partial charge >= 0.3 is 12.0 Å². The van der Waals surface area contributed by atoms with E-state index in [4.69, 9.17) is 9.84 Å². The van der Waals surface area contributed by atoms with Crippen LogP contribution in [0.2, 0.25) is 0 Å². The second kappa shape index (κ2) is 7.84. The molecule has 2 aromatic carbocycles. The summed E-state index contributed by atoms with van der Waals surface area (Å²) in [5.74, 6) is -0.296. The molecule has 0 fully saturated rings. The number of carbonyl (C=O) groups excluding carboxylic acids is 1. The highest BCUT2D eigenvalue weighted by Gasteiger charge is 2.03. The molecule has 0 bridgehead atoms. The largest absolute Gasteiger partial charge is 0.478 e. The van der Waals surface area contributed by atoms with Gasteiger partial charge in [-0.15, -0.1) is 0 Å². The molecule has 2 rings (SSSR count). The molecule has 0 radical (unpaired) electrons. The van der Waals surface area contributed by atoms with E-state index >= 15 is 0 Å². The number of aryl methyl sites for hydroxylation is 1. The van der Waals surface area contributed by atoms with E-state index in [1.807, 2.05) is 31.2 Å². The van der Waals surface area contributed by atoms with Gasteiger partial charge in [-0.05, 0) is 36.8 Å². The number of benzene rings is 2. The Morgan fingerprint density at radius 2 is 1.65 bits per heavy atom. The van der Waals surface area contributed by atoms with Crippen molar-refractivity contribution in [2.45, 2.75) is 13.5 Å². The molecule has 0 aliphatic carbocycles. The van der Waals surface area contributed by atoms with E-state index in [2.05, 4.69) is 10.6 Å². The van der Waals surface area contributed by atoms with Gasteiger partial charge in [0, 0.05) is 6.54 Å². The number of aromatic carboxylic acids is 1. The number of rotatable bonds is 6. The van der Waals surface area contributed by atoms with Gasteiger partial charge in [-0.3, -0.25) is 0 Å². The molecular formula is C17H18N2O4. The molecule has 6 heteroatoms. The molecule has 0 heterocycles. The Kier molecular flexibility index (Phi) is 5.57. The predicted molar refractivity (Wildman–Crippen MR) is 85.4 cm³/mol. The first kappa shape index (κ1) is 16.4. The van der Waals surface area contributed by atoms with Crippen LogP contribution in [-0.2, 0) is 6.54 Å². The number of urea groups is 1. The van der Waals surface area contributed by atoms with E-state index in [0.717, 1.165) is 11.1 Å². The molecule has 6 nitrogen and oxygen atoms in total. The number of hydrogen-bond acceptors (Lipinski definition) is 3. The molecule has 0 aliphatic rings. The zero-order chi connectivity index (χ0) is 16.7. The van der Waals surface area contributed by atoms with Crippen molar-refractivity contribution in [1.29, 1.82) is 0 Å². The van der Waals surface area contributed by atoms with Crippen LogP contribution in [0.3, 0.4) is 0 Å². The normalized spacial score (nSPS) is 9.96. The Morgan fingerprint density at radius 1 is 1.00 bits per heavy atom. The van der Waals surface area contributed by atoms with Gasteiger partial charge < -0.3 is 20.5 Å². The van der Waals surface area contributed by atoms with Crippen LogP contribution in [-0.4, -0.2) is 23.8 Å². The van der Waals surface area contributed by atoms with Crippen LogP contribution in [0.15, 0.2) is 48.5 Å². The third-order valence-electron chi connectivity index (χ3n) is 3.15. The molecule has 0 unspecified atom stereocenters. The molecule has 23 heavy (non-hydrogen) atoms. The summed E-state index contributed by atoms with van der Waals surface area (Å²) in [5.41, 5.74) is 2.16. The van der Waals surface area contributed by atoms with Gasteiger partial charge in [-0.2, -0.15) is 0 Å². The summed E-state index contributed by atoms with van der Waals surface area (Å²) < 4.78 is 5.39. The number of carbonyl (C=O) groups is 2. The van der Waals surface area contributed by atoms with Gasteiger partial charge in [-0.25, -0.2) is 9.59 Å². The lowest BCUT2D eigenvalue weighted by atomic mass is 10.1. The molecule has 0 atom stereocenters. The van der Waals surface area contributed by atoms with Crippen LogP contribution in [0.25, 0.3) is 0 Å². The molecule has 0 saturated heterocycles. The minimum atomic E-state index is -0.976. The van der Waals surface area contributed by atoms with Crippen molar-refractivity contribution in [3.05, 3.63) is 65.2 Å². The van der Waals surface area contributed by atoms with Crippen LogP contribution >= 0.6 is 0 Å². The Labute approximate surface area is 134 Å². The first-order valence-electron chi connectivity index (χ1n) is 7.08. The van der Waals surface area contributed by atoms with E-state index in [9.17, 15) is 9.59 Å². The van der Waals surface area contributed by atoms with Crippen molar-refractivity contribution in [3.8, 4) is 5.75 Å². The average molecular weight is 314 g/mol. The molecule has 0 aromatic heterocycles. The lowest BCUT2D eigenvalue weighted by molar-refractivity contribution is 0.0697. The fourth-order valence-electron chi connectivity index (χ4n) is 1.83. The number of nitrogens with one attached hydrogen (secondary N) is 2. The summed E-state index contributed by atoms with van der Waals surface area (Å²) in [4.78, 5) is 22.4. The third-order valence-corrected chi connectivity index (χ3v) is 3.15. The van der Waals surface area contributed by atoms with Crippen molar-refractivity contribution in [3.63, 3.8) is 0 Å². The SMILES string of the molecule is Cc1ccc(OCNC(=O)NCc2ccc(C(=O)O)cc2)cc1. The maximum absolute atomic E-state index is 11.6. The Morgan fingerprint density at radius 3 is 2.26 bits per heavy atom. The monoisotopic (exact) mass is 314 g/mol. The maximum atomic E-state index is 11.6.